The van der Waals surface area contributed by atoms with Gasteiger partial charge in [-0.05, 0) is 70.7 Å². The second-order valence-corrected chi connectivity index (χ2v) is 7.17. The summed E-state index contributed by atoms with van der Waals surface area (Å²) in [5.74, 6) is 0. The van der Waals surface area contributed by atoms with Crippen molar-refractivity contribution in [1.82, 2.24) is 0 Å². The van der Waals surface area contributed by atoms with Gasteiger partial charge in [0.15, 0.2) is 0 Å². The van der Waals surface area contributed by atoms with Crippen LogP contribution in [0.4, 0.5) is 0 Å². The van der Waals surface area contributed by atoms with Crippen molar-refractivity contribution in [3.63, 3.8) is 0 Å². The van der Waals surface area contributed by atoms with Gasteiger partial charge in [0.05, 0.1) is 12.4 Å². The van der Waals surface area contributed by atoms with Crippen molar-refractivity contribution in [2.75, 3.05) is 0 Å². The smallest absolute Gasteiger partial charge is 0.335 e. The first kappa shape index (κ1) is 18.5. The fourth-order valence-corrected chi connectivity index (χ4v) is 4.25. The Bertz CT molecular complexity index is 1060. The maximum atomic E-state index is 10.5. The maximum absolute atomic E-state index is 10.5. The Balaban J connectivity index is 0.000000233. The van der Waals surface area contributed by atoms with Crippen LogP contribution < -0.4 is 5.63 Å². The summed E-state index contributed by atoms with van der Waals surface area (Å²) in [6, 6.07) is 17.8. The van der Waals surface area contributed by atoms with Crippen molar-refractivity contribution in [3.8, 4) is 11.1 Å². The van der Waals surface area contributed by atoms with Crippen LogP contribution >= 0.6 is 0 Å². The lowest BCUT2D eigenvalue weighted by molar-refractivity contribution is 0.178. The SMILES string of the molecule is CCC1=CC[C@@H](O)c2c1ccc1c2CCc2ccccc2-1.O=c1cccco1. The summed E-state index contributed by atoms with van der Waals surface area (Å²) in [6.07, 6.45) is 7.14. The normalized spacial score (nSPS) is 16.6. The van der Waals surface area contributed by atoms with E-state index in [1.165, 1.54) is 51.3 Å². The molecule has 3 nitrogen and oxygen atoms in total. The molecule has 1 heterocycles. The molecule has 0 aliphatic heterocycles. The molecule has 0 saturated carbocycles. The minimum atomic E-state index is -0.337. The predicted molar refractivity (Wildman–Crippen MR) is 112 cm³/mol. The topological polar surface area (TPSA) is 50.4 Å². The second-order valence-electron chi connectivity index (χ2n) is 7.17. The number of hydrogen-bond acceptors (Lipinski definition) is 3. The third-order valence-electron chi connectivity index (χ3n) is 5.56. The van der Waals surface area contributed by atoms with E-state index in [-0.39, 0.29) is 11.7 Å². The number of fused-ring (bicyclic) bond motifs is 5. The number of hydrogen-bond donors (Lipinski definition) is 1. The van der Waals surface area contributed by atoms with Crippen LogP contribution in [0.3, 0.4) is 0 Å². The number of aryl methyl sites for hydroxylation is 1. The highest BCUT2D eigenvalue weighted by atomic mass is 16.4. The van der Waals surface area contributed by atoms with Gasteiger partial charge in [0.2, 0.25) is 0 Å². The first-order valence-corrected chi connectivity index (χ1v) is 9.84. The Morgan fingerprint density at radius 2 is 1.75 bits per heavy atom. The van der Waals surface area contributed by atoms with E-state index in [1.54, 1.807) is 12.1 Å². The maximum Gasteiger partial charge on any atom is 0.335 e. The Kier molecular flexibility index (Phi) is 5.27. The minimum absolute atomic E-state index is 0.303. The molecule has 0 saturated heterocycles. The zero-order chi connectivity index (χ0) is 19.5. The van der Waals surface area contributed by atoms with Gasteiger partial charge in [-0.1, -0.05) is 55.5 Å². The molecule has 142 valence electrons. The van der Waals surface area contributed by atoms with Crippen molar-refractivity contribution in [3.05, 3.63) is 99.6 Å². The van der Waals surface area contributed by atoms with Crippen LogP contribution in [0.1, 0.15) is 48.1 Å². The molecule has 1 atom stereocenters. The van der Waals surface area contributed by atoms with E-state index >= 15 is 0 Å². The lowest BCUT2D eigenvalue weighted by Gasteiger charge is -2.29. The van der Waals surface area contributed by atoms with Crippen LogP contribution in [0, 0.1) is 0 Å². The highest BCUT2D eigenvalue weighted by Crippen LogP contribution is 2.43. The summed E-state index contributed by atoms with van der Waals surface area (Å²) < 4.78 is 4.37. The predicted octanol–water partition coefficient (Wildman–Crippen LogP) is 5.32. The summed E-state index contributed by atoms with van der Waals surface area (Å²) in [6.45, 7) is 2.20. The molecule has 1 N–H and O–H groups in total. The first-order valence-electron chi connectivity index (χ1n) is 9.84. The molecule has 0 bridgehead atoms. The Hall–Kier alpha value is -2.91. The fraction of sp³-hybridized carbons (Fsp3) is 0.240. The van der Waals surface area contributed by atoms with Gasteiger partial charge >= 0.3 is 5.63 Å². The van der Waals surface area contributed by atoms with Crippen molar-refractivity contribution in [1.29, 1.82) is 0 Å². The molecule has 3 aromatic rings. The van der Waals surface area contributed by atoms with Gasteiger partial charge in [0.1, 0.15) is 0 Å². The molecule has 1 aromatic heterocycles. The summed E-state index contributed by atoms with van der Waals surface area (Å²) in [4.78, 5) is 10.1. The van der Waals surface area contributed by atoms with E-state index < -0.39 is 0 Å². The Morgan fingerprint density at radius 1 is 0.964 bits per heavy atom. The van der Waals surface area contributed by atoms with E-state index in [0.717, 1.165) is 25.7 Å². The minimum Gasteiger partial charge on any atom is -0.431 e. The summed E-state index contributed by atoms with van der Waals surface area (Å²) in [7, 11) is 0. The molecule has 5 rings (SSSR count). The van der Waals surface area contributed by atoms with Gasteiger partial charge in [-0.25, -0.2) is 4.79 Å². The van der Waals surface area contributed by atoms with Crippen molar-refractivity contribution < 1.29 is 9.52 Å². The van der Waals surface area contributed by atoms with Crippen molar-refractivity contribution in [2.24, 2.45) is 0 Å². The molecule has 0 amide bonds. The lowest BCUT2D eigenvalue weighted by atomic mass is 9.77. The molecule has 0 fully saturated rings. The first-order chi connectivity index (χ1) is 13.7. The molecule has 3 heteroatoms. The zero-order valence-electron chi connectivity index (χ0n) is 16.0. The molecule has 0 spiro atoms. The number of rotatable bonds is 1. The standard InChI is InChI=1S/C20H20O.C5H4O2/c1-2-13-8-12-19(21)20-16(13)10-11-17-15-6-4-3-5-14(15)7-9-18(17)20;6-5-3-1-2-4-7-5/h3-6,8,10-11,19,21H,2,7,9,12H2,1H3;1-4H/t19-;/m1./s1. The average Bonchev–Trinajstić information content (AvgIpc) is 2.74. The van der Waals surface area contributed by atoms with E-state index in [4.69, 9.17) is 0 Å². The van der Waals surface area contributed by atoms with Gasteiger partial charge in [-0.2, -0.15) is 0 Å². The van der Waals surface area contributed by atoms with Crippen LogP contribution in [0.25, 0.3) is 16.7 Å². The molecule has 2 aliphatic carbocycles. The van der Waals surface area contributed by atoms with Gasteiger partial charge in [-0.15, -0.1) is 0 Å². The molecular formula is C25H24O3. The number of benzene rings is 2. The quantitative estimate of drug-likeness (QED) is 0.629. The molecule has 0 radical (unpaired) electrons. The monoisotopic (exact) mass is 372 g/mol. The van der Waals surface area contributed by atoms with Crippen molar-refractivity contribution >= 4 is 5.57 Å². The lowest BCUT2D eigenvalue weighted by Crippen LogP contribution is -2.14. The third-order valence-corrected chi connectivity index (χ3v) is 5.56. The molecule has 2 aliphatic rings. The van der Waals surface area contributed by atoms with Crippen molar-refractivity contribution in [2.45, 2.75) is 38.7 Å². The molecular weight excluding hydrogens is 348 g/mol. The van der Waals surface area contributed by atoms with E-state index in [0.29, 0.717) is 0 Å². The highest BCUT2D eigenvalue weighted by molar-refractivity contribution is 5.80. The van der Waals surface area contributed by atoms with Gasteiger partial charge in [0, 0.05) is 6.07 Å². The molecule has 28 heavy (non-hydrogen) atoms. The summed E-state index contributed by atoms with van der Waals surface area (Å²) >= 11 is 0. The second kappa shape index (κ2) is 7.99. The van der Waals surface area contributed by atoms with Crippen LogP contribution in [-0.2, 0) is 12.8 Å². The summed E-state index contributed by atoms with van der Waals surface area (Å²) in [5.41, 5.74) is 9.03. The summed E-state index contributed by atoms with van der Waals surface area (Å²) in [5, 5.41) is 10.5. The zero-order valence-corrected chi connectivity index (χ0v) is 16.0. The molecule has 2 aromatic carbocycles. The molecule has 0 unspecified atom stereocenters. The van der Waals surface area contributed by atoms with Crippen LogP contribution in [0.15, 0.2) is 76.1 Å². The third kappa shape index (κ3) is 3.46. The van der Waals surface area contributed by atoms with E-state index in [2.05, 4.69) is 53.8 Å². The fourth-order valence-electron chi connectivity index (χ4n) is 4.25. The average molecular weight is 372 g/mol. The van der Waals surface area contributed by atoms with Gasteiger partial charge < -0.3 is 9.52 Å². The number of aliphatic hydroxyl groups excluding tert-OH is 1. The van der Waals surface area contributed by atoms with Crippen LogP contribution in [0.5, 0.6) is 0 Å². The largest absolute Gasteiger partial charge is 0.431 e. The van der Waals surface area contributed by atoms with E-state index in [9.17, 15) is 9.90 Å². The Labute approximate surface area is 165 Å². The van der Waals surface area contributed by atoms with Gasteiger partial charge in [0.25, 0.3) is 0 Å². The van der Waals surface area contributed by atoms with E-state index in [1.807, 2.05) is 0 Å². The Morgan fingerprint density at radius 3 is 2.46 bits per heavy atom. The van der Waals surface area contributed by atoms with Crippen LogP contribution in [0.2, 0.25) is 0 Å². The van der Waals surface area contributed by atoms with Crippen LogP contribution in [-0.4, -0.2) is 5.11 Å². The number of aliphatic hydroxyl groups is 1. The number of allylic oxidation sites excluding steroid dienone is 1. The van der Waals surface area contributed by atoms with Gasteiger partial charge in [-0.3, -0.25) is 0 Å². The highest BCUT2D eigenvalue weighted by Gasteiger charge is 2.26.